The van der Waals surface area contributed by atoms with Gasteiger partial charge in [-0.2, -0.15) is 0 Å². The van der Waals surface area contributed by atoms with Crippen LogP contribution in [0.5, 0.6) is 11.5 Å². The molecule has 2 amide bonds. The SMILES string of the molecule is CN(C)C(=O)c1c2c(c(O)c(=O)n1C)C(=O)N(Cc1ccc(O)cc1)CC2. The number of rotatable bonds is 3. The fourth-order valence-electron chi connectivity index (χ4n) is 3.27. The summed E-state index contributed by atoms with van der Waals surface area (Å²) in [5, 5.41) is 19.7. The third-order valence-corrected chi connectivity index (χ3v) is 4.72. The second kappa shape index (κ2) is 6.79. The molecule has 0 fully saturated rings. The van der Waals surface area contributed by atoms with E-state index in [1.807, 2.05) is 0 Å². The lowest BCUT2D eigenvalue weighted by atomic mass is 9.95. The van der Waals surface area contributed by atoms with Crippen molar-refractivity contribution in [2.75, 3.05) is 20.6 Å². The topological polar surface area (TPSA) is 103 Å². The first-order chi connectivity index (χ1) is 12.7. The van der Waals surface area contributed by atoms with Crippen LogP contribution in [-0.2, 0) is 20.0 Å². The summed E-state index contributed by atoms with van der Waals surface area (Å²) in [6.07, 6.45) is 0.343. The summed E-state index contributed by atoms with van der Waals surface area (Å²) in [5.41, 5.74) is 0.431. The smallest absolute Gasteiger partial charge is 0.293 e. The first-order valence-electron chi connectivity index (χ1n) is 8.46. The van der Waals surface area contributed by atoms with Crippen LogP contribution in [0.25, 0.3) is 0 Å². The second-order valence-electron chi connectivity index (χ2n) is 6.76. The predicted octanol–water partition coefficient (Wildman–Crippen LogP) is 0.697. The standard InChI is InChI=1S/C19H21N3O5/c1-20(2)18(26)15-13-8-9-22(10-11-4-6-12(23)7-5-11)17(25)14(13)16(24)19(27)21(15)3/h4-7,23-24H,8-10H2,1-3H3. The zero-order valence-electron chi connectivity index (χ0n) is 15.4. The first-order valence-corrected chi connectivity index (χ1v) is 8.46. The predicted molar refractivity (Wildman–Crippen MR) is 97.9 cm³/mol. The van der Waals surface area contributed by atoms with E-state index in [-0.39, 0.29) is 23.6 Å². The van der Waals surface area contributed by atoms with E-state index in [1.165, 1.54) is 29.0 Å². The van der Waals surface area contributed by atoms with Crippen molar-refractivity contribution >= 4 is 11.8 Å². The van der Waals surface area contributed by atoms with Gasteiger partial charge in [-0.05, 0) is 24.1 Å². The van der Waals surface area contributed by atoms with Crippen LogP contribution < -0.4 is 5.56 Å². The summed E-state index contributed by atoms with van der Waals surface area (Å²) >= 11 is 0. The molecule has 142 valence electrons. The number of carbonyl (C=O) groups is 2. The van der Waals surface area contributed by atoms with Gasteiger partial charge in [-0.15, -0.1) is 0 Å². The summed E-state index contributed by atoms with van der Waals surface area (Å²) in [7, 11) is 4.54. The Morgan fingerprint density at radius 3 is 2.37 bits per heavy atom. The van der Waals surface area contributed by atoms with Gasteiger partial charge < -0.3 is 24.6 Å². The van der Waals surface area contributed by atoms with E-state index in [0.717, 1.165) is 10.1 Å². The Bertz CT molecular complexity index is 976. The molecule has 1 aliphatic rings. The third kappa shape index (κ3) is 3.14. The molecule has 8 nitrogen and oxygen atoms in total. The van der Waals surface area contributed by atoms with Gasteiger partial charge in [-0.1, -0.05) is 12.1 Å². The van der Waals surface area contributed by atoms with Crippen LogP contribution in [0.1, 0.15) is 32.0 Å². The molecule has 2 aromatic rings. The van der Waals surface area contributed by atoms with Crippen molar-refractivity contribution in [2.24, 2.45) is 7.05 Å². The third-order valence-electron chi connectivity index (χ3n) is 4.72. The maximum atomic E-state index is 13.0. The largest absolute Gasteiger partial charge is 0.508 e. The Balaban J connectivity index is 2.06. The lowest BCUT2D eigenvalue weighted by molar-refractivity contribution is 0.0720. The Morgan fingerprint density at radius 1 is 1.15 bits per heavy atom. The Kier molecular flexibility index (Phi) is 4.65. The lowest BCUT2D eigenvalue weighted by Gasteiger charge is -2.31. The summed E-state index contributed by atoms with van der Waals surface area (Å²) in [5.74, 6) is -1.40. The van der Waals surface area contributed by atoms with E-state index in [4.69, 9.17) is 0 Å². The summed E-state index contributed by atoms with van der Waals surface area (Å²) < 4.78 is 1.10. The van der Waals surface area contributed by atoms with Gasteiger partial charge in [0.25, 0.3) is 17.4 Å². The zero-order valence-corrected chi connectivity index (χ0v) is 15.4. The molecular formula is C19H21N3O5. The molecule has 0 saturated carbocycles. The minimum absolute atomic E-state index is 0.103. The van der Waals surface area contributed by atoms with Gasteiger partial charge in [0.1, 0.15) is 11.4 Å². The molecule has 0 atom stereocenters. The highest BCUT2D eigenvalue weighted by Gasteiger charge is 2.34. The molecule has 2 N–H and O–H groups in total. The van der Waals surface area contributed by atoms with Crippen molar-refractivity contribution in [2.45, 2.75) is 13.0 Å². The number of hydrogen-bond donors (Lipinski definition) is 2. The van der Waals surface area contributed by atoms with Crippen LogP contribution in [0.2, 0.25) is 0 Å². The lowest BCUT2D eigenvalue weighted by Crippen LogP contribution is -2.42. The monoisotopic (exact) mass is 371 g/mol. The summed E-state index contributed by atoms with van der Waals surface area (Å²) in [6, 6.07) is 6.45. The van der Waals surface area contributed by atoms with Crippen molar-refractivity contribution in [3.8, 4) is 11.5 Å². The van der Waals surface area contributed by atoms with Gasteiger partial charge in [-0.25, -0.2) is 0 Å². The average molecular weight is 371 g/mol. The number of phenolic OH excluding ortho intramolecular Hbond substituents is 1. The van der Waals surface area contributed by atoms with Gasteiger partial charge in [0.15, 0.2) is 5.75 Å². The summed E-state index contributed by atoms with van der Waals surface area (Å²) in [4.78, 5) is 40.7. The highest BCUT2D eigenvalue weighted by molar-refractivity contribution is 6.03. The number of aromatic hydroxyl groups is 2. The summed E-state index contributed by atoms with van der Waals surface area (Å²) in [6.45, 7) is 0.613. The van der Waals surface area contributed by atoms with Crippen molar-refractivity contribution in [1.82, 2.24) is 14.4 Å². The maximum absolute atomic E-state index is 13.0. The fraction of sp³-hybridized carbons (Fsp3) is 0.316. The van der Waals surface area contributed by atoms with E-state index >= 15 is 0 Å². The second-order valence-corrected chi connectivity index (χ2v) is 6.76. The van der Waals surface area contributed by atoms with Crippen molar-refractivity contribution in [3.63, 3.8) is 0 Å². The fourth-order valence-corrected chi connectivity index (χ4v) is 3.27. The number of pyridine rings is 1. The van der Waals surface area contributed by atoms with Crippen LogP contribution in [-0.4, -0.2) is 57.0 Å². The average Bonchev–Trinajstić information content (AvgIpc) is 2.63. The van der Waals surface area contributed by atoms with Crippen LogP contribution >= 0.6 is 0 Å². The number of phenols is 1. The molecule has 1 aromatic carbocycles. The Hall–Kier alpha value is -3.29. The highest BCUT2D eigenvalue weighted by Crippen LogP contribution is 2.29. The number of aromatic nitrogens is 1. The zero-order chi connectivity index (χ0) is 19.9. The molecule has 8 heteroatoms. The van der Waals surface area contributed by atoms with Crippen LogP contribution in [0.3, 0.4) is 0 Å². The van der Waals surface area contributed by atoms with Crippen molar-refractivity contribution in [1.29, 1.82) is 0 Å². The number of benzene rings is 1. The molecule has 1 aromatic heterocycles. The van der Waals surface area contributed by atoms with Crippen LogP contribution in [0.4, 0.5) is 0 Å². The van der Waals surface area contributed by atoms with Gasteiger partial charge >= 0.3 is 0 Å². The quantitative estimate of drug-likeness (QED) is 0.827. The van der Waals surface area contributed by atoms with Gasteiger partial charge in [0.2, 0.25) is 0 Å². The van der Waals surface area contributed by atoms with Crippen molar-refractivity contribution in [3.05, 3.63) is 57.0 Å². The molecule has 2 heterocycles. The first kappa shape index (κ1) is 18.5. The highest BCUT2D eigenvalue weighted by atomic mass is 16.3. The van der Waals surface area contributed by atoms with Crippen LogP contribution in [0, 0.1) is 0 Å². The molecule has 0 radical (unpaired) electrons. The molecule has 0 aliphatic carbocycles. The number of fused-ring (bicyclic) bond motifs is 1. The Morgan fingerprint density at radius 2 is 1.78 bits per heavy atom. The van der Waals surface area contributed by atoms with Gasteiger partial charge in [0, 0.05) is 39.8 Å². The molecule has 0 saturated heterocycles. The molecule has 0 spiro atoms. The van der Waals surface area contributed by atoms with Crippen LogP contribution in [0.15, 0.2) is 29.1 Å². The number of amides is 2. The minimum atomic E-state index is -0.779. The number of carbonyl (C=O) groups excluding carboxylic acids is 2. The van der Waals surface area contributed by atoms with E-state index in [0.29, 0.717) is 18.5 Å². The maximum Gasteiger partial charge on any atom is 0.293 e. The van der Waals surface area contributed by atoms with E-state index in [9.17, 15) is 24.6 Å². The molecule has 27 heavy (non-hydrogen) atoms. The molecule has 0 bridgehead atoms. The molecule has 3 rings (SSSR count). The number of nitrogens with zero attached hydrogens (tertiary/aromatic N) is 3. The van der Waals surface area contributed by atoms with E-state index in [2.05, 4.69) is 0 Å². The minimum Gasteiger partial charge on any atom is -0.508 e. The van der Waals surface area contributed by atoms with E-state index < -0.39 is 23.1 Å². The molecule has 0 unspecified atom stereocenters. The van der Waals surface area contributed by atoms with Gasteiger partial charge in [-0.3, -0.25) is 14.4 Å². The molecular weight excluding hydrogens is 350 g/mol. The normalized spacial score (nSPS) is 13.4. The molecule has 1 aliphatic heterocycles. The van der Waals surface area contributed by atoms with E-state index in [1.54, 1.807) is 26.2 Å². The Labute approximate surface area is 155 Å². The number of hydrogen-bond acceptors (Lipinski definition) is 5. The van der Waals surface area contributed by atoms with Gasteiger partial charge in [0.05, 0.1) is 5.56 Å². The van der Waals surface area contributed by atoms with Crippen molar-refractivity contribution < 1.29 is 19.8 Å².